The van der Waals surface area contributed by atoms with Crippen molar-refractivity contribution in [2.24, 2.45) is 0 Å². The minimum Gasteiger partial charge on any atom is -0.384 e. The van der Waals surface area contributed by atoms with Crippen LogP contribution in [0.1, 0.15) is 0 Å². The SMILES string of the molecule is Nc1cc(-c2cnc(N)nc2)nc(N2CCOCC2)n1. The van der Waals surface area contributed by atoms with E-state index in [0.29, 0.717) is 30.7 Å². The maximum Gasteiger partial charge on any atom is 0.228 e. The molecule has 20 heavy (non-hydrogen) atoms. The van der Waals surface area contributed by atoms with E-state index in [-0.39, 0.29) is 5.95 Å². The highest BCUT2D eigenvalue weighted by Gasteiger charge is 2.15. The van der Waals surface area contributed by atoms with Gasteiger partial charge in [0, 0.05) is 37.1 Å². The van der Waals surface area contributed by atoms with Crippen LogP contribution in [0, 0.1) is 0 Å². The zero-order valence-corrected chi connectivity index (χ0v) is 10.9. The molecule has 0 spiro atoms. The highest BCUT2D eigenvalue weighted by Crippen LogP contribution is 2.21. The van der Waals surface area contributed by atoms with E-state index in [4.69, 9.17) is 16.2 Å². The zero-order chi connectivity index (χ0) is 13.9. The van der Waals surface area contributed by atoms with Crippen LogP contribution in [-0.4, -0.2) is 46.2 Å². The van der Waals surface area contributed by atoms with E-state index < -0.39 is 0 Å². The van der Waals surface area contributed by atoms with Crippen LogP contribution >= 0.6 is 0 Å². The van der Waals surface area contributed by atoms with E-state index in [1.807, 2.05) is 4.90 Å². The zero-order valence-electron chi connectivity index (χ0n) is 10.9. The van der Waals surface area contributed by atoms with Crippen LogP contribution in [0.3, 0.4) is 0 Å². The number of nitrogens with zero attached hydrogens (tertiary/aromatic N) is 5. The summed E-state index contributed by atoms with van der Waals surface area (Å²) in [4.78, 5) is 18.7. The molecular weight excluding hydrogens is 258 g/mol. The van der Waals surface area contributed by atoms with Gasteiger partial charge in [0.25, 0.3) is 0 Å². The molecule has 0 aliphatic carbocycles. The molecule has 1 aliphatic rings. The van der Waals surface area contributed by atoms with E-state index in [9.17, 15) is 0 Å². The molecule has 0 atom stereocenters. The predicted octanol–water partition coefficient (Wildman–Crippen LogP) is -0.0654. The highest BCUT2D eigenvalue weighted by atomic mass is 16.5. The molecule has 2 aromatic rings. The molecule has 1 fully saturated rings. The van der Waals surface area contributed by atoms with Crippen LogP contribution < -0.4 is 16.4 Å². The van der Waals surface area contributed by atoms with Crippen LogP contribution in [0.4, 0.5) is 17.7 Å². The summed E-state index contributed by atoms with van der Waals surface area (Å²) in [5, 5.41) is 0. The highest BCUT2D eigenvalue weighted by molar-refractivity contribution is 5.62. The molecule has 0 radical (unpaired) electrons. The number of hydrogen-bond acceptors (Lipinski definition) is 8. The third-order valence-electron chi connectivity index (χ3n) is 3.00. The first-order valence-corrected chi connectivity index (χ1v) is 6.27. The molecule has 3 rings (SSSR count). The molecule has 0 amide bonds. The molecule has 0 aromatic carbocycles. The van der Waals surface area contributed by atoms with E-state index in [2.05, 4.69) is 19.9 Å². The average Bonchev–Trinajstić information content (AvgIpc) is 2.48. The Labute approximate surface area is 115 Å². The Morgan fingerprint density at radius 3 is 2.45 bits per heavy atom. The Bertz CT molecular complexity index is 595. The van der Waals surface area contributed by atoms with Gasteiger partial charge in [0.1, 0.15) is 5.82 Å². The summed E-state index contributed by atoms with van der Waals surface area (Å²) < 4.78 is 5.32. The summed E-state index contributed by atoms with van der Waals surface area (Å²) in [5.41, 5.74) is 12.8. The molecule has 2 aromatic heterocycles. The van der Waals surface area contributed by atoms with Crippen molar-refractivity contribution in [3.05, 3.63) is 18.5 Å². The first kappa shape index (κ1) is 12.5. The van der Waals surface area contributed by atoms with Gasteiger partial charge in [0.05, 0.1) is 18.9 Å². The van der Waals surface area contributed by atoms with Crippen LogP contribution in [0.25, 0.3) is 11.3 Å². The lowest BCUT2D eigenvalue weighted by Gasteiger charge is -2.27. The summed E-state index contributed by atoms with van der Waals surface area (Å²) >= 11 is 0. The molecule has 4 N–H and O–H groups in total. The van der Waals surface area contributed by atoms with Gasteiger partial charge >= 0.3 is 0 Å². The van der Waals surface area contributed by atoms with Crippen molar-refractivity contribution in [1.29, 1.82) is 0 Å². The van der Waals surface area contributed by atoms with Gasteiger partial charge in [0.15, 0.2) is 0 Å². The molecule has 1 aliphatic heterocycles. The second kappa shape index (κ2) is 5.25. The Balaban J connectivity index is 1.95. The smallest absolute Gasteiger partial charge is 0.228 e. The van der Waals surface area contributed by atoms with E-state index in [1.165, 1.54) is 0 Å². The fraction of sp³-hybridized carbons (Fsp3) is 0.333. The normalized spacial score (nSPS) is 15.3. The molecule has 0 unspecified atom stereocenters. The number of morpholine rings is 1. The average molecular weight is 273 g/mol. The Kier molecular flexibility index (Phi) is 3.30. The predicted molar refractivity (Wildman–Crippen MR) is 74.9 cm³/mol. The number of ether oxygens (including phenoxy) is 1. The second-order valence-corrected chi connectivity index (χ2v) is 4.41. The Morgan fingerprint density at radius 2 is 1.75 bits per heavy atom. The number of nitrogen functional groups attached to an aromatic ring is 2. The van der Waals surface area contributed by atoms with Gasteiger partial charge in [-0.05, 0) is 0 Å². The van der Waals surface area contributed by atoms with E-state index in [1.54, 1.807) is 18.5 Å². The third kappa shape index (κ3) is 2.59. The summed E-state index contributed by atoms with van der Waals surface area (Å²) in [6.45, 7) is 2.83. The second-order valence-electron chi connectivity index (χ2n) is 4.41. The number of hydrogen-bond donors (Lipinski definition) is 2. The van der Waals surface area contributed by atoms with Crippen LogP contribution in [0.15, 0.2) is 18.5 Å². The molecule has 1 saturated heterocycles. The van der Waals surface area contributed by atoms with Gasteiger partial charge in [-0.3, -0.25) is 0 Å². The van der Waals surface area contributed by atoms with Gasteiger partial charge in [-0.15, -0.1) is 0 Å². The maximum absolute atomic E-state index is 5.86. The van der Waals surface area contributed by atoms with Crippen molar-refractivity contribution < 1.29 is 4.74 Å². The summed E-state index contributed by atoms with van der Waals surface area (Å²) in [7, 11) is 0. The number of anilines is 3. The molecule has 8 heteroatoms. The van der Waals surface area contributed by atoms with Gasteiger partial charge < -0.3 is 21.1 Å². The Morgan fingerprint density at radius 1 is 1.05 bits per heavy atom. The van der Waals surface area contributed by atoms with Gasteiger partial charge in [-0.1, -0.05) is 0 Å². The standard InChI is InChI=1S/C12H15N7O/c13-10-5-9(8-6-15-11(14)16-7-8)17-12(18-10)19-1-3-20-4-2-19/h5-7H,1-4H2,(H2,13,17,18)(H2,14,15,16). The van der Waals surface area contributed by atoms with Crippen molar-refractivity contribution in [2.45, 2.75) is 0 Å². The van der Waals surface area contributed by atoms with Crippen molar-refractivity contribution >= 4 is 17.7 Å². The van der Waals surface area contributed by atoms with Crippen LogP contribution in [-0.2, 0) is 4.74 Å². The fourth-order valence-corrected chi connectivity index (χ4v) is 1.98. The molecule has 8 nitrogen and oxygen atoms in total. The van der Waals surface area contributed by atoms with Crippen molar-refractivity contribution in [3.63, 3.8) is 0 Å². The Hall–Kier alpha value is -2.48. The largest absolute Gasteiger partial charge is 0.384 e. The first-order valence-electron chi connectivity index (χ1n) is 6.27. The fourth-order valence-electron chi connectivity index (χ4n) is 1.98. The van der Waals surface area contributed by atoms with Crippen molar-refractivity contribution in [1.82, 2.24) is 19.9 Å². The summed E-state index contributed by atoms with van der Waals surface area (Å²) in [6, 6.07) is 1.69. The number of aromatic nitrogens is 4. The molecule has 0 bridgehead atoms. The molecule has 0 saturated carbocycles. The van der Waals surface area contributed by atoms with Crippen LogP contribution in [0.2, 0.25) is 0 Å². The maximum atomic E-state index is 5.86. The monoisotopic (exact) mass is 273 g/mol. The van der Waals surface area contributed by atoms with Gasteiger partial charge in [-0.25, -0.2) is 15.0 Å². The minimum atomic E-state index is 0.226. The lowest BCUT2D eigenvalue weighted by atomic mass is 10.2. The molecule has 3 heterocycles. The van der Waals surface area contributed by atoms with Crippen LogP contribution in [0.5, 0.6) is 0 Å². The molecule has 104 valence electrons. The number of rotatable bonds is 2. The summed E-state index contributed by atoms with van der Waals surface area (Å²) in [6.07, 6.45) is 3.24. The lowest BCUT2D eigenvalue weighted by molar-refractivity contribution is 0.122. The topological polar surface area (TPSA) is 116 Å². The number of nitrogens with two attached hydrogens (primary N) is 2. The summed E-state index contributed by atoms with van der Waals surface area (Å²) in [5.74, 6) is 1.23. The van der Waals surface area contributed by atoms with E-state index in [0.717, 1.165) is 18.7 Å². The molecular formula is C12H15N7O. The van der Waals surface area contributed by atoms with Crippen molar-refractivity contribution in [2.75, 3.05) is 42.7 Å². The van der Waals surface area contributed by atoms with E-state index >= 15 is 0 Å². The quantitative estimate of drug-likeness (QED) is 0.781. The minimum absolute atomic E-state index is 0.226. The van der Waals surface area contributed by atoms with Gasteiger partial charge in [-0.2, -0.15) is 4.98 Å². The first-order chi connectivity index (χ1) is 9.72. The lowest BCUT2D eigenvalue weighted by Crippen LogP contribution is -2.37. The third-order valence-corrected chi connectivity index (χ3v) is 3.00. The van der Waals surface area contributed by atoms with Crippen molar-refractivity contribution in [3.8, 4) is 11.3 Å². The van der Waals surface area contributed by atoms with Gasteiger partial charge in [0.2, 0.25) is 11.9 Å².